The minimum Gasteiger partial charge on any atom is -0.294 e. The standard InChI is InChI=1S/C16H15BrClNO3S/c1-10-8-12(4-6-15(10)17)19(3)23(21,22)13-5-7-16(18)14(9-13)11(2)20/h4-9H,1-3H3. The van der Waals surface area contributed by atoms with Gasteiger partial charge in [0.25, 0.3) is 10.0 Å². The number of hydrogen-bond acceptors (Lipinski definition) is 3. The van der Waals surface area contributed by atoms with Crippen molar-refractivity contribution in [2.75, 3.05) is 11.4 Å². The van der Waals surface area contributed by atoms with E-state index in [9.17, 15) is 13.2 Å². The fraction of sp³-hybridized carbons (Fsp3) is 0.188. The van der Waals surface area contributed by atoms with Gasteiger partial charge in [-0.25, -0.2) is 8.42 Å². The Morgan fingerprint density at radius 1 is 1.17 bits per heavy atom. The molecule has 4 nitrogen and oxygen atoms in total. The largest absolute Gasteiger partial charge is 0.294 e. The molecule has 0 saturated heterocycles. The summed E-state index contributed by atoms with van der Waals surface area (Å²) in [6.07, 6.45) is 0. The molecular weight excluding hydrogens is 402 g/mol. The molecule has 0 unspecified atom stereocenters. The van der Waals surface area contributed by atoms with Crippen molar-refractivity contribution >= 4 is 49.0 Å². The highest BCUT2D eigenvalue weighted by atomic mass is 79.9. The Morgan fingerprint density at radius 2 is 1.83 bits per heavy atom. The normalized spacial score (nSPS) is 11.3. The maximum atomic E-state index is 12.8. The van der Waals surface area contributed by atoms with Crippen LogP contribution in [0.3, 0.4) is 0 Å². The minimum atomic E-state index is -3.79. The highest BCUT2D eigenvalue weighted by molar-refractivity contribution is 9.10. The molecule has 2 aromatic carbocycles. The molecule has 0 aliphatic heterocycles. The van der Waals surface area contributed by atoms with Gasteiger partial charge in [-0.15, -0.1) is 0 Å². The first kappa shape index (κ1) is 18.0. The van der Waals surface area contributed by atoms with Crippen LogP contribution in [0.25, 0.3) is 0 Å². The number of rotatable bonds is 4. The zero-order chi connectivity index (χ0) is 17.4. The Balaban J connectivity index is 2.51. The molecule has 0 aliphatic rings. The van der Waals surface area contributed by atoms with Crippen molar-refractivity contribution in [2.45, 2.75) is 18.7 Å². The molecule has 2 aromatic rings. The Hall–Kier alpha value is -1.37. The molecule has 23 heavy (non-hydrogen) atoms. The Kier molecular flexibility index (Phi) is 5.18. The summed E-state index contributed by atoms with van der Waals surface area (Å²) in [5, 5.41) is 0.235. The molecule has 0 atom stereocenters. The van der Waals surface area contributed by atoms with Gasteiger partial charge in [-0.05, 0) is 55.8 Å². The Morgan fingerprint density at radius 3 is 2.39 bits per heavy atom. The van der Waals surface area contributed by atoms with Gasteiger partial charge in [0, 0.05) is 17.1 Å². The van der Waals surface area contributed by atoms with Gasteiger partial charge < -0.3 is 0 Å². The van der Waals surface area contributed by atoms with Crippen molar-refractivity contribution < 1.29 is 13.2 Å². The average Bonchev–Trinajstić information content (AvgIpc) is 2.49. The van der Waals surface area contributed by atoms with E-state index in [2.05, 4.69) is 15.9 Å². The molecule has 0 bridgehead atoms. The number of hydrogen-bond donors (Lipinski definition) is 0. The summed E-state index contributed by atoms with van der Waals surface area (Å²) in [6, 6.07) is 9.39. The Labute approximate surface area is 149 Å². The van der Waals surface area contributed by atoms with Gasteiger partial charge in [-0.1, -0.05) is 27.5 Å². The van der Waals surface area contributed by atoms with E-state index in [1.54, 1.807) is 18.2 Å². The first-order valence-corrected chi connectivity index (χ1v) is 9.31. The van der Waals surface area contributed by atoms with Crippen LogP contribution in [0.4, 0.5) is 5.69 Å². The predicted octanol–water partition coefficient (Wildman–Crippen LogP) is 4.44. The number of carbonyl (C=O) groups excluding carboxylic acids is 1. The number of sulfonamides is 1. The van der Waals surface area contributed by atoms with Crippen LogP contribution >= 0.6 is 27.5 Å². The lowest BCUT2D eigenvalue weighted by atomic mass is 10.1. The number of nitrogens with zero attached hydrogens (tertiary/aromatic N) is 1. The highest BCUT2D eigenvalue weighted by Gasteiger charge is 2.23. The van der Waals surface area contributed by atoms with Crippen LogP contribution in [0.15, 0.2) is 45.8 Å². The fourth-order valence-electron chi connectivity index (χ4n) is 2.06. The summed E-state index contributed by atoms with van der Waals surface area (Å²) in [7, 11) is -2.31. The third-order valence-electron chi connectivity index (χ3n) is 3.48. The van der Waals surface area contributed by atoms with E-state index in [0.29, 0.717) is 5.69 Å². The number of aryl methyl sites for hydroxylation is 1. The minimum absolute atomic E-state index is 0.0233. The molecule has 122 valence electrons. The lowest BCUT2D eigenvalue weighted by Gasteiger charge is -2.20. The van der Waals surface area contributed by atoms with E-state index in [0.717, 1.165) is 10.0 Å². The molecule has 0 heterocycles. The van der Waals surface area contributed by atoms with Crippen LogP contribution in [0.5, 0.6) is 0 Å². The van der Waals surface area contributed by atoms with Crippen LogP contribution in [0.1, 0.15) is 22.8 Å². The highest BCUT2D eigenvalue weighted by Crippen LogP contribution is 2.28. The SMILES string of the molecule is CC(=O)c1cc(S(=O)(=O)N(C)c2ccc(Br)c(C)c2)ccc1Cl. The monoisotopic (exact) mass is 415 g/mol. The fourth-order valence-corrected chi connectivity index (χ4v) is 3.77. The molecule has 7 heteroatoms. The Bertz CT molecular complexity index is 881. The van der Waals surface area contributed by atoms with Crippen molar-refractivity contribution in [3.8, 4) is 0 Å². The van der Waals surface area contributed by atoms with Gasteiger partial charge in [0.1, 0.15) is 0 Å². The van der Waals surface area contributed by atoms with E-state index in [-0.39, 0.29) is 21.3 Å². The van der Waals surface area contributed by atoms with Crippen LogP contribution in [-0.4, -0.2) is 21.2 Å². The van der Waals surface area contributed by atoms with Crippen molar-refractivity contribution in [3.63, 3.8) is 0 Å². The second-order valence-corrected chi connectivity index (χ2v) is 8.33. The van der Waals surface area contributed by atoms with Gasteiger partial charge >= 0.3 is 0 Å². The number of Topliss-reactive ketones (excluding diaryl/α,β-unsaturated/α-hetero) is 1. The second kappa shape index (κ2) is 6.63. The molecule has 0 saturated carbocycles. The quantitative estimate of drug-likeness (QED) is 0.692. The van der Waals surface area contributed by atoms with Gasteiger partial charge in [0.2, 0.25) is 0 Å². The second-order valence-electron chi connectivity index (χ2n) is 5.10. The van der Waals surface area contributed by atoms with Gasteiger partial charge in [-0.3, -0.25) is 9.10 Å². The van der Waals surface area contributed by atoms with Gasteiger partial charge in [-0.2, -0.15) is 0 Å². The van der Waals surface area contributed by atoms with Gasteiger partial charge in [0.05, 0.1) is 15.6 Å². The average molecular weight is 417 g/mol. The molecule has 0 amide bonds. The van der Waals surface area contributed by atoms with Crippen LogP contribution in [0.2, 0.25) is 5.02 Å². The number of anilines is 1. The third-order valence-corrected chi connectivity index (χ3v) is 6.48. The van der Waals surface area contributed by atoms with Crippen LogP contribution < -0.4 is 4.31 Å². The van der Waals surface area contributed by atoms with E-state index < -0.39 is 10.0 Å². The molecule has 0 aromatic heterocycles. The van der Waals surface area contributed by atoms with E-state index in [1.165, 1.54) is 36.5 Å². The molecule has 2 rings (SSSR count). The molecule has 0 fully saturated rings. The predicted molar refractivity (Wildman–Crippen MR) is 95.9 cm³/mol. The maximum Gasteiger partial charge on any atom is 0.264 e. The number of carbonyl (C=O) groups is 1. The number of halogens is 2. The number of benzene rings is 2. The molecule has 0 radical (unpaired) electrons. The summed E-state index contributed by atoms with van der Waals surface area (Å²) in [5.74, 6) is -0.283. The zero-order valence-corrected chi connectivity index (χ0v) is 16.0. The first-order chi connectivity index (χ1) is 10.6. The van der Waals surface area contributed by atoms with E-state index in [1.807, 2.05) is 6.92 Å². The van der Waals surface area contributed by atoms with Gasteiger partial charge in [0.15, 0.2) is 5.78 Å². The lowest BCUT2D eigenvalue weighted by Crippen LogP contribution is -2.26. The number of ketones is 1. The van der Waals surface area contributed by atoms with Crippen molar-refractivity contribution in [1.82, 2.24) is 0 Å². The zero-order valence-electron chi connectivity index (χ0n) is 12.8. The summed E-state index contributed by atoms with van der Waals surface area (Å²) in [5.41, 5.74) is 1.64. The smallest absolute Gasteiger partial charge is 0.264 e. The van der Waals surface area contributed by atoms with Crippen molar-refractivity contribution in [2.24, 2.45) is 0 Å². The topological polar surface area (TPSA) is 54.5 Å². The van der Waals surface area contributed by atoms with E-state index in [4.69, 9.17) is 11.6 Å². The summed E-state index contributed by atoms with van der Waals surface area (Å²) < 4.78 is 27.6. The maximum absolute atomic E-state index is 12.8. The van der Waals surface area contributed by atoms with E-state index >= 15 is 0 Å². The summed E-state index contributed by atoms with van der Waals surface area (Å²) in [4.78, 5) is 11.6. The first-order valence-electron chi connectivity index (χ1n) is 6.70. The molecular formula is C16H15BrClNO3S. The molecule has 0 aliphatic carbocycles. The molecule has 0 N–H and O–H groups in total. The summed E-state index contributed by atoms with van der Waals surface area (Å²) >= 11 is 9.33. The third kappa shape index (κ3) is 3.59. The van der Waals surface area contributed by atoms with Crippen molar-refractivity contribution in [1.29, 1.82) is 0 Å². The van der Waals surface area contributed by atoms with Crippen molar-refractivity contribution in [3.05, 3.63) is 57.0 Å². The lowest BCUT2D eigenvalue weighted by molar-refractivity contribution is 0.101. The summed E-state index contributed by atoms with van der Waals surface area (Å²) in [6.45, 7) is 3.23. The van der Waals surface area contributed by atoms with Crippen LogP contribution in [-0.2, 0) is 10.0 Å². The van der Waals surface area contributed by atoms with Crippen LogP contribution in [0, 0.1) is 6.92 Å². The molecule has 0 spiro atoms.